The Bertz CT molecular complexity index is 553. The summed E-state index contributed by atoms with van der Waals surface area (Å²) in [6.45, 7) is 5.99. The first-order valence-electron chi connectivity index (χ1n) is 6.67. The highest BCUT2D eigenvalue weighted by Crippen LogP contribution is 2.47. The van der Waals surface area contributed by atoms with Gasteiger partial charge >= 0.3 is 0 Å². The van der Waals surface area contributed by atoms with E-state index in [2.05, 4.69) is 31.0 Å². The molecule has 1 fully saturated rings. The topological polar surface area (TPSA) is 55.6 Å². The van der Waals surface area contributed by atoms with Gasteiger partial charge in [-0.2, -0.15) is 0 Å². The van der Waals surface area contributed by atoms with Crippen molar-refractivity contribution in [2.45, 2.75) is 33.2 Å². The second-order valence-corrected chi connectivity index (χ2v) is 5.54. The van der Waals surface area contributed by atoms with E-state index in [9.17, 15) is 0 Å². The number of hydrogen-bond acceptors (Lipinski definition) is 4. The summed E-state index contributed by atoms with van der Waals surface area (Å²) in [5.41, 5.74) is 1.43. The van der Waals surface area contributed by atoms with Crippen molar-refractivity contribution in [2.75, 3.05) is 11.9 Å². The van der Waals surface area contributed by atoms with Crippen molar-refractivity contribution in [1.29, 1.82) is 0 Å². The van der Waals surface area contributed by atoms with Crippen LogP contribution in [0, 0.1) is 19.3 Å². The van der Waals surface area contributed by atoms with Gasteiger partial charge in [0.1, 0.15) is 5.82 Å². The molecule has 3 rings (SSSR count). The fraction of sp³-hybridized carbons (Fsp3) is 0.500. The monoisotopic (exact) mass is 257 g/mol. The molecule has 0 bridgehead atoms. The molecule has 0 aliphatic heterocycles. The van der Waals surface area contributed by atoms with E-state index in [0.717, 1.165) is 30.4 Å². The minimum absolute atomic E-state index is 0.347. The summed E-state index contributed by atoms with van der Waals surface area (Å²) in [6, 6.07) is 0. The first-order chi connectivity index (χ1) is 9.17. The molecule has 2 aromatic rings. The number of imidazole rings is 1. The molecule has 0 atom stereocenters. The molecule has 0 amide bonds. The van der Waals surface area contributed by atoms with Crippen molar-refractivity contribution in [3.63, 3.8) is 0 Å². The van der Waals surface area contributed by atoms with Crippen LogP contribution in [0.1, 0.15) is 24.2 Å². The molecule has 2 aromatic heterocycles. The van der Waals surface area contributed by atoms with Gasteiger partial charge in [-0.15, -0.1) is 0 Å². The summed E-state index contributed by atoms with van der Waals surface area (Å²) in [5.74, 6) is 1.80. The average Bonchev–Trinajstić information content (AvgIpc) is 3.06. The molecular weight excluding hydrogens is 238 g/mol. The van der Waals surface area contributed by atoms with E-state index in [-0.39, 0.29) is 0 Å². The average molecular weight is 257 g/mol. The van der Waals surface area contributed by atoms with E-state index in [0.29, 0.717) is 5.41 Å². The van der Waals surface area contributed by atoms with Crippen molar-refractivity contribution in [2.24, 2.45) is 5.41 Å². The summed E-state index contributed by atoms with van der Waals surface area (Å²) >= 11 is 0. The number of nitrogens with zero attached hydrogens (tertiary/aromatic N) is 4. The van der Waals surface area contributed by atoms with Gasteiger partial charge in [-0.05, 0) is 32.3 Å². The standard InChI is InChI=1S/C14H19N5/c1-11-7-16-13(17-8-11)18-9-14(3-4-14)10-19-6-5-15-12(19)2/h5-8H,3-4,9-10H2,1-2H3,(H,16,17,18). The highest BCUT2D eigenvalue weighted by atomic mass is 15.1. The zero-order valence-corrected chi connectivity index (χ0v) is 11.4. The van der Waals surface area contributed by atoms with Crippen LogP contribution in [0.2, 0.25) is 0 Å². The lowest BCUT2D eigenvalue weighted by atomic mass is 10.1. The van der Waals surface area contributed by atoms with Crippen molar-refractivity contribution >= 4 is 5.95 Å². The van der Waals surface area contributed by atoms with Gasteiger partial charge in [-0.3, -0.25) is 0 Å². The second-order valence-electron chi connectivity index (χ2n) is 5.54. The van der Waals surface area contributed by atoms with E-state index >= 15 is 0 Å². The smallest absolute Gasteiger partial charge is 0.222 e. The molecule has 0 saturated heterocycles. The van der Waals surface area contributed by atoms with Crippen LogP contribution in [0.5, 0.6) is 0 Å². The molecule has 0 spiro atoms. The SMILES string of the molecule is Cc1cnc(NCC2(Cn3ccnc3C)CC2)nc1. The van der Waals surface area contributed by atoms with Crippen LogP contribution >= 0.6 is 0 Å². The van der Waals surface area contributed by atoms with E-state index in [4.69, 9.17) is 0 Å². The highest BCUT2D eigenvalue weighted by Gasteiger charge is 2.43. The molecule has 1 saturated carbocycles. The van der Waals surface area contributed by atoms with Gasteiger partial charge in [-0.25, -0.2) is 15.0 Å². The molecule has 1 aliphatic carbocycles. The maximum atomic E-state index is 4.28. The highest BCUT2D eigenvalue weighted by molar-refractivity contribution is 5.25. The summed E-state index contributed by atoms with van der Waals surface area (Å²) in [6.07, 6.45) is 10.1. The van der Waals surface area contributed by atoms with Crippen LogP contribution in [0.25, 0.3) is 0 Å². The zero-order chi connectivity index (χ0) is 13.3. The Morgan fingerprint density at radius 2 is 1.95 bits per heavy atom. The van der Waals surface area contributed by atoms with Gasteiger partial charge in [0, 0.05) is 43.3 Å². The quantitative estimate of drug-likeness (QED) is 0.892. The van der Waals surface area contributed by atoms with Crippen molar-refractivity contribution < 1.29 is 0 Å². The first kappa shape index (κ1) is 12.1. The molecule has 2 heterocycles. The lowest BCUT2D eigenvalue weighted by Crippen LogP contribution is -2.22. The first-order valence-corrected chi connectivity index (χ1v) is 6.67. The normalized spacial score (nSPS) is 16.3. The van der Waals surface area contributed by atoms with E-state index in [1.165, 1.54) is 12.8 Å². The number of aromatic nitrogens is 4. The Balaban J connectivity index is 1.60. The molecule has 5 heteroatoms. The third-order valence-corrected chi connectivity index (χ3v) is 3.79. The summed E-state index contributed by atoms with van der Waals surface area (Å²) in [4.78, 5) is 12.8. The number of aryl methyl sites for hydroxylation is 2. The molecule has 1 N–H and O–H groups in total. The molecule has 0 aromatic carbocycles. The van der Waals surface area contributed by atoms with Crippen LogP contribution in [-0.4, -0.2) is 26.1 Å². The van der Waals surface area contributed by atoms with Crippen LogP contribution < -0.4 is 5.32 Å². The van der Waals surface area contributed by atoms with Crippen molar-refractivity contribution in [3.05, 3.63) is 36.2 Å². The molecule has 5 nitrogen and oxygen atoms in total. The van der Waals surface area contributed by atoms with Crippen LogP contribution in [0.3, 0.4) is 0 Å². The molecule has 100 valence electrons. The van der Waals surface area contributed by atoms with Crippen LogP contribution in [-0.2, 0) is 6.54 Å². The number of anilines is 1. The molecule has 19 heavy (non-hydrogen) atoms. The van der Waals surface area contributed by atoms with Gasteiger partial charge in [0.05, 0.1) is 0 Å². The summed E-state index contributed by atoms with van der Waals surface area (Å²) < 4.78 is 2.23. The maximum absolute atomic E-state index is 4.28. The Morgan fingerprint density at radius 3 is 2.53 bits per heavy atom. The van der Waals surface area contributed by atoms with Crippen LogP contribution in [0.4, 0.5) is 5.95 Å². The maximum Gasteiger partial charge on any atom is 0.222 e. The molecule has 0 radical (unpaired) electrons. The molecule has 0 unspecified atom stereocenters. The predicted octanol–water partition coefficient (Wildman–Crippen LogP) is 2.18. The van der Waals surface area contributed by atoms with E-state index < -0.39 is 0 Å². The lowest BCUT2D eigenvalue weighted by molar-refractivity contribution is 0.438. The number of rotatable bonds is 5. The predicted molar refractivity (Wildman–Crippen MR) is 73.9 cm³/mol. The van der Waals surface area contributed by atoms with Gasteiger partial charge in [0.2, 0.25) is 5.95 Å². The Kier molecular flexibility index (Phi) is 2.97. The van der Waals surface area contributed by atoms with Crippen molar-refractivity contribution in [1.82, 2.24) is 19.5 Å². The van der Waals surface area contributed by atoms with Gasteiger partial charge in [0.25, 0.3) is 0 Å². The minimum atomic E-state index is 0.347. The van der Waals surface area contributed by atoms with Crippen LogP contribution in [0.15, 0.2) is 24.8 Å². The number of nitrogens with one attached hydrogen (secondary N) is 1. The molecular formula is C14H19N5. The Hall–Kier alpha value is -1.91. The zero-order valence-electron chi connectivity index (χ0n) is 11.4. The largest absolute Gasteiger partial charge is 0.354 e. The fourth-order valence-electron chi connectivity index (χ4n) is 2.25. The Labute approximate surface area is 113 Å². The van der Waals surface area contributed by atoms with Crippen molar-refractivity contribution in [3.8, 4) is 0 Å². The third kappa shape index (κ3) is 2.75. The van der Waals surface area contributed by atoms with Gasteiger partial charge in [-0.1, -0.05) is 0 Å². The van der Waals surface area contributed by atoms with Gasteiger partial charge in [0.15, 0.2) is 0 Å². The third-order valence-electron chi connectivity index (χ3n) is 3.79. The summed E-state index contributed by atoms with van der Waals surface area (Å²) in [5, 5.41) is 3.35. The Morgan fingerprint density at radius 1 is 1.21 bits per heavy atom. The summed E-state index contributed by atoms with van der Waals surface area (Å²) in [7, 11) is 0. The van der Waals surface area contributed by atoms with E-state index in [1.807, 2.05) is 32.4 Å². The second kappa shape index (κ2) is 4.64. The fourth-order valence-corrected chi connectivity index (χ4v) is 2.25. The minimum Gasteiger partial charge on any atom is -0.354 e. The van der Waals surface area contributed by atoms with E-state index in [1.54, 1.807) is 0 Å². The lowest BCUT2D eigenvalue weighted by Gasteiger charge is -2.17. The number of hydrogen-bond donors (Lipinski definition) is 1. The van der Waals surface area contributed by atoms with Gasteiger partial charge < -0.3 is 9.88 Å². The molecule has 1 aliphatic rings.